The molecule has 168 valence electrons. The van der Waals surface area contributed by atoms with Crippen LogP contribution in [0, 0.1) is 13.8 Å². The monoisotopic (exact) mass is 453 g/mol. The number of urea groups is 1. The first-order valence-electron chi connectivity index (χ1n) is 11.0. The molecular weight excluding hydrogens is 426 g/mol. The lowest BCUT2D eigenvalue weighted by Crippen LogP contribution is -2.66. The van der Waals surface area contributed by atoms with Gasteiger partial charge in [0.1, 0.15) is 18.5 Å². The lowest BCUT2D eigenvalue weighted by Gasteiger charge is -2.44. The number of aryl methyl sites for hydroxylation is 2. The van der Waals surface area contributed by atoms with Crippen molar-refractivity contribution in [3.8, 4) is 0 Å². The van der Waals surface area contributed by atoms with Crippen molar-refractivity contribution in [3.63, 3.8) is 0 Å². The molecule has 32 heavy (non-hydrogen) atoms. The highest BCUT2D eigenvalue weighted by Crippen LogP contribution is 2.34. The Kier molecular flexibility index (Phi) is 5.35. The molecule has 3 atom stereocenters. The molecule has 0 aliphatic carbocycles. The number of hydrogen-bond acceptors (Lipinski definition) is 5. The van der Waals surface area contributed by atoms with Crippen LogP contribution in [0.15, 0.2) is 42.5 Å². The predicted molar refractivity (Wildman–Crippen MR) is 124 cm³/mol. The number of nitrogens with zero attached hydrogens (tertiary/aromatic N) is 4. The van der Waals surface area contributed by atoms with E-state index in [4.69, 9.17) is 11.6 Å². The minimum atomic E-state index is -0.421. The Bertz CT molecular complexity index is 1080. The van der Waals surface area contributed by atoms with Gasteiger partial charge >= 0.3 is 6.03 Å². The number of carbonyl (C=O) groups is 2. The van der Waals surface area contributed by atoms with E-state index in [0.29, 0.717) is 0 Å². The van der Waals surface area contributed by atoms with Gasteiger partial charge in [0, 0.05) is 30.8 Å². The Labute approximate surface area is 193 Å². The van der Waals surface area contributed by atoms with Crippen LogP contribution in [-0.2, 0) is 11.3 Å². The molecule has 3 aliphatic heterocycles. The zero-order chi connectivity index (χ0) is 22.6. The number of benzene rings is 2. The highest BCUT2D eigenvalue weighted by atomic mass is 35.5. The van der Waals surface area contributed by atoms with Crippen LogP contribution in [0.1, 0.15) is 23.1 Å². The topological polar surface area (TPSA) is 59.1 Å². The Hall–Kier alpha value is -2.61. The Morgan fingerprint density at radius 2 is 1.84 bits per heavy atom. The molecule has 0 aromatic heterocycles. The van der Waals surface area contributed by atoms with E-state index in [9.17, 15) is 9.59 Å². The Morgan fingerprint density at radius 1 is 1.06 bits per heavy atom. The van der Waals surface area contributed by atoms with Gasteiger partial charge in [0.25, 0.3) is 5.91 Å². The molecule has 0 bridgehead atoms. The number of halogens is 1. The zero-order valence-electron chi connectivity index (χ0n) is 18.6. The minimum Gasteiger partial charge on any atom is -0.343 e. The maximum absolute atomic E-state index is 13.6. The summed E-state index contributed by atoms with van der Waals surface area (Å²) < 4.78 is 0. The largest absolute Gasteiger partial charge is 0.343 e. The van der Waals surface area contributed by atoms with Crippen LogP contribution >= 0.6 is 11.6 Å². The van der Waals surface area contributed by atoms with E-state index in [1.807, 2.05) is 50.2 Å². The third-order valence-electron chi connectivity index (χ3n) is 6.95. The molecule has 2 aromatic rings. The van der Waals surface area contributed by atoms with E-state index in [0.717, 1.165) is 46.9 Å². The van der Waals surface area contributed by atoms with Crippen LogP contribution in [0.25, 0.3) is 0 Å². The van der Waals surface area contributed by atoms with Gasteiger partial charge in [0.05, 0.1) is 6.54 Å². The van der Waals surface area contributed by atoms with Crippen molar-refractivity contribution >= 4 is 29.2 Å². The van der Waals surface area contributed by atoms with Crippen molar-refractivity contribution in [2.45, 2.75) is 45.3 Å². The van der Waals surface area contributed by atoms with Crippen molar-refractivity contribution in [3.05, 3.63) is 64.2 Å². The van der Waals surface area contributed by atoms with E-state index in [1.165, 1.54) is 4.90 Å². The third-order valence-corrected chi connectivity index (χ3v) is 7.35. The van der Waals surface area contributed by atoms with E-state index >= 15 is 0 Å². The molecule has 2 aromatic carbocycles. The second-order valence-electron chi connectivity index (χ2n) is 8.89. The third kappa shape index (κ3) is 3.36. The lowest BCUT2D eigenvalue weighted by atomic mass is 10.1. The molecule has 8 heteroatoms. The number of fused-ring (bicyclic) bond motifs is 3. The fraction of sp³-hybridized carbons (Fsp3) is 0.417. The number of imide groups is 1. The van der Waals surface area contributed by atoms with Crippen molar-refractivity contribution < 1.29 is 9.59 Å². The van der Waals surface area contributed by atoms with Crippen LogP contribution in [0.3, 0.4) is 0 Å². The lowest BCUT2D eigenvalue weighted by molar-refractivity contribution is -0.139. The van der Waals surface area contributed by atoms with Gasteiger partial charge in [-0.3, -0.25) is 19.9 Å². The fourth-order valence-corrected chi connectivity index (χ4v) is 5.22. The highest BCUT2D eigenvalue weighted by Gasteiger charge is 2.56. The molecular formula is C24H28ClN5O2. The fourth-order valence-electron chi connectivity index (χ4n) is 5.05. The molecule has 0 saturated carbocycles. The van der Waals surface area contributed by atoms with Crippen molar-refractivity contribution in [2.75, 3.05) is 25.0 Å². The van der Waals surface area contributed by atoms with Gasteiger partial charge in [-0.05, 0) is 49.1 Å². The van der Waals surface area contributed by atoms with Gasteiger partial charge in [-0.15, -0.1) is 0 Å². The van der Waals surface area contributed by atoms with Gasteiger partial charge in [0.15, 0.2) is 0 Å². The second kappa shape index (κ2) is 8.06. The highest BCUT2D eigenvalue weighted by molar-refractivity contribution is 6.31. The average molecular weight is 454 g/mol. The first-order chi connectivity index (χ1) is 15.4. The molecule has 3 aliphatic rings. The number of carbonyl (C=O) groups excluding carboxylic acids is 2. The van der Waals surface area contributed by atoms with Crippen LogP contribution in [0.5, 0.6) is 0 Å². The number of anilines is 1. The van der Waals surface area contributed by atoms with Gasteiger partial charge in [0.2, 0.25) is 0 Å². The first kappa shape index (κ1) is 21.2. The SMILES string of the molecule is Cc1ccc(N2CCCN3C4C(=O)N(Cc5ccccc5C)C(=O)N(C)C4NC23)cc1Cl. The number of amides is 3. The summed E-state index contributed by atoms with van der Waals surface area (Å²) in [6.45, 7) is 5.92. The predicted octanol–water partition coefficient (Wildman–Crippen LogP) is 3.14. The van der Waals surface area contributed by atoms with Crippen molar-refractivity contribution in [1.82, 2.24) is 20.0 Å². The molecule has 5 rings (SSSR count). The molecule has 3 unspecified atom stereocenters. The van der Waals surface area contributed by atoms with E-state index in [2.05, 4.69) is 21.2 Å². The number of hydrogen-bond donors (Lipinski definition) is 1. The summed E-state index contributed by atoms with van der Waals surface area (Å²) in [5.74, 6) is -0.139. The normalized spacial score (nSPS) is 25.9. The van der Waals surface area contributed by atoms with Gasteiger partial charge in [-0.2, -0.15) is 0 Å². The van der Waals surface area contributed by atoms with Crippen LogP contribution in [0.4, 0.5) is 10.5 Å². The summed E-state index contributed by atoms with van der Waals surface area (Å²) in [5.41, 5.74) is 4.10. The summed E-state index contributed by atoms with van der Waals surface area (Å²) in [7, 11) is 1.77. The molecule has 7 nitrogen and oxygen atoms in total. The summed E-state index contributed by atoms with van der Waals surface area (Å²) in [6.07, 6.45) is 0.389. The van der Waals surface area contributed by atoms with E-state index in [-0.39, 0.29) is 30.9 Å². The first-order valence-corrected chi connectivity index (χ1v) is 11.4. The van der Waals surface area contributed by atoms with Gasteiger partial charge in [-0.1, -0.05) is 41.9 Å². The maximum atomic E-state index is 13.6. The van der Waals surface area contributed by atoms with Crippen LogP contribution < -0.4 is 10.2 Å². The Morgan fingerprint density at radius 3 is 2.59 bits per heavy atom. The molecule has 3 fully saturated rings. The second-order valence-corrected chi connectivity index (χ2v) is 9.30. The summed E-state index contributed by atoms with van der Waals surface area (Å²) in [6, 6.07) is 13.3. The van der Waals surface area contributed by atoms with Crippen LogP contribution in [-0.4, -0.2) is 65.3 Å². The standard InChI is InChI=1S/C24H28ClN5O2/c1-15-7-4-5-8-17(15)14-30-22(31)20-21(27(3)24(30)32)26-23-28(11-6-12-29(20)23)18-10-9-16(2)19(25)13-18/h4-5,7-10,13,20-21,23,26H,6,11-12,14H2,1-3H3. The van der Waals surface area contributed by atoms with Gasteiger partial charge < -0.3 is 9.80 Å². The molecule has 0 spiro atoms. The van der Waals surface area contributed by atoms with Crippen molar-refractivity contribution in [2.24, 2.45) is 0 Å². The molecule has 0 radical (unpaired) electrons. The summed E-state index contributed by atoms with van der Waals surface area (Å²) >= 11 is 6.40. The van der Waals surface area contributed by atoms with Gasteiger partial charge in [-0.25, -0.2) is 4.79 Å². The minimum absolute atomic E-state index is 0.139. The van der Waals surface area contributed by atoms with Crippen molar-refractivity contribution in [1.29, 1.82) is 0 Å². The number of likely N-dealkylation sites (N-methyl/N-ethyl adjacent to an activating group) is 1. The van der Waals surface area contributed by atoms with Crippen LogP contribution in [0.2, 0.25) is 5.02 Å². The zero-order valence-corrected chi connectivity index (χ0v) is 19.3. The Balaban J connectivity index is 1.45. The van der Waals surface area contributed by atoms with E-state index < -0.39 is 6.04 Å². The molecule has 3 heterocycles. The number of nitrogens with one attached hydrogen (secondary N) is 1. The summed E-state index contributed by atoms with van der Waals surface area (Å²) in [5, 5.41) is 4.28. The average Bonchev–Trinajstić information content (AvgIpc) is 3.18. The van der Waals surface area contributed by atoms with E-state index in [1.54, 1.807) is 11.9 Å². The molecule has 3 saturated heterocycles. The quantitative estimate of drug-likeness (QED) is 0.773. The smallest absolute Gasteiger partial charge is 0.328 e. The molecule has 3 amide bonds. The molecule has 1 N–H and O–H groups in total. The maximum Gasteiger partial charge on any atom is 0.328 e. The number of rotatable bonds is 3. The summed E-state index contributed by atoms with van der Waals surface area (Å²) in [4.78, 5) is 34.3.